The molecule has 8 aliphatic carbocycles. The van der Waals surface area contributed by atoms with Crippen LogP contribution in [0.4, 0.5) is 40.3 Å². The number of Topliss-reactive ketones (excluding diaryl/α,β-unsaturated/α-hetero) is 4. The molecule has 10 heterocycles. The van der Waals surface area contributed by atoms with Crippen molar-refractivity contribution in [1.82, 2.24) is 70.4 Å². The van der Waals surface area contributed by atoms with E-state index < -0.39 is 110 Å². The Morgan fingerprint density at radius 2 is 0.740 bits per heavy atom. The number of H-pyrrole nitrogens is 2. The zero-order valence-corrected chi connectivity index (χ0v) is 73.6. The average molecular weight is 1800 g/mol. The number of hydrogen-bond donors (Lipinski definition) is 10. The predicted octanol–water partition coefficient (Wildman–Crippen LogP) is 12.1. The van der Waals surface area contributed by atoms with E-state index in [1.165, 1.54) is 43.6 Å². The Kier molecular flexibility index (Phi) is 22.6. The summed E-state index contributed by atoms with van der Waals surface area (Å²) in [5.74, 6) is -10.6. The fourth-order valence-electron chi connectivity index (χ4n) is 20.5. The fraction of sp³-hybridized carbons (Fsp3) is 0.383. The molecule has 0 saturated heterocycles. The van der Waals surface area contributed by atoms with Crippen molar-refractivity contribution in [2.45, 2.75) is 219 Å². The van der Waals surface area contributed by atoms with Gasteiger partial charge in [-0.1, -0.05) is 41.9 Å². The van der Waals surface area contributed by atoms with Gasteiger partial charge in [0.25, 0.3) is 70.4 Å². The summed E-state index contributed by atoms with van der Waals surface area (Å²) in [7, 11) is 0. The third kappa shape index (κ3) is 15.7. The van der Waals surface area contributed by atoms with Gasteiger partial charge in [-0.25, -0.2) is 17.6 Å². The van der Waals surface area contributed by atoms with Gasteiger partial charge in [0, 0.05) is 76.4 Å². The lowest BCUT2D eigenvalue weighted by Gasteiger charge is -2.66. The van der Waals surface area contributed by atoms with Crippen LogP contribution >= 0.6 is 11.6 Å². The Hall–Kier alpha value is -14.3. The number of benzene rings is 4. The van der Waals surface area contributed by atoms with E-state index in [9.17, 15) is 80.4 Å². The van der Waals surface area contributed by atoms with Gasteiger partial charge >= 0.3 is 0 Å². The molecule has 10 aromatic rings. The Bertz CT molecular complexity index is 6500. The van der Waals surface area contributed by atoms with E-state index in [4.69, 9.17) is 16.9 Å². The third-order valence-electron chi connectivity index (χ3n) is 27.4. The molecule has 0 spiro atoms. The maximum atomic E-state index is 14.4. The average Bonchev–Trinajstić information content (AvgIpc) is 1.67. The zero-order valence-electron chi connectivity index (χ0n) is 72.8. The quantitative estimate of drug-likeness (QED) is 0.0171. The second-order valence-corrected chi connectivity index (χ2v) is 36.8. The summed E-state index contributed by atoms with van der Waals surface area (Å²) >= 11 is 6.18. The molecule has 0 unspecified atom stereocenters. The molecular formula is C94H91ClF4N20O12. The van der Waals surface area contributed by atoms with Crippen LogP contribution in [0.1, 0.15) is 252 Å². The van der Waals surface area contributed by atoms with Crippen LogP contribution in [0.25, 0.3) is 0 Å². The van der Waals surface area contributed by atoms with Crippen molar-refractivity contribution < 1.29 is 75.1 Å². The predicted molar refractivity (Wildman–Crippen MR) is 465 cm³/mol. The second kappa shape index (κ2) is 33.3. The van der Waals surface area contributed by atoms with E-state index in [1.807, 2.05) is 17.6 Å². The Balaban J connectivity index is 0.000000122. The summed E-state index contributed by atoms with van der Waals surface area (Å²) in [6, 6.07) is 21.7. The largest absolute Gasteiger partial charge is 0.344 e. The zero-order chi connectivity index (χ0) is 93.2. The lowest BCUT2D eigenvalue weighted by molar-refractivity contribution is -0.141. The Morgan fingerprint density at radius 3 is 1.08 bits per heavy atom. The van der Waals surface area contributed by atoms with Crippen LogP contribution in [-0.2, 0) is 82.1 Å². The van der Waals surface area contributed by atoms with Gasteiger partial charge in [-0.15, -0.1) is 0 Å². The number of nitrogens with zero attached hydrogens (tertiary/aromatic N) is 10. The van der Waals surface area contributed by atoms with E-state index in [0.29, 0.717) is 218 Å². The maximum Gasteiger partial charge on any atom is 0.293 e. The molecule has 32 nitrogen and oxygen atoms in total. The molecule has 131 heavy (non-hydrogen) atoms. The van der Waals surface area contributed by atoms with Crippen molar-refractivity contribution in [3.8, 4) is 12.1 Å². The van der Waals surface area contributed by atoms with Gasteiger partial charge < -0.3 is 60.8 Å². The first kappa shape index (κ1) is 88.7. The molecule has 6 aromatic heterocycles. The number of aryl methyl sites for hydroxylation is 4. The number of nitrogens with one attached hydrogen (secondary N) is 10. The molecule has 22 rings (SSSR count). The van der Waals surface area contributed by atoms with Gasteiger partial charge in [0.05, 0.1) is 80.1 Å². The first-order chi connectivity index (χ1) is 62.4. The van der Waals surface area contributed by atoms with Gasteiger partial charge in [0.15, 0.2) is 11.6 Å². The smallest absolute Gasteiger partial charge is 0.293 e. The molecule has 4 bridgehead atoms. The third-order valence-corrected chi connectivity index (χ3v) is 27.8. The number of aromatic nitrogens is 10. The normalized spacial score (nSPS) is 20.0. The lowest BCUT2D eigenvalue weighted by Crippen LogP contribution is -2.74. The minimum atomic E-state index is -1.16. The van der Waals surface area contributed by atoms with Gasteiger partial charge in [0.2, 0.25) is 0 Å². The molecule has 12 aliphatic rings. The number of anilines is 4. The number of amides is 8. The van der Waals surface area contributed by atoms with E-state index >= 15 is 0 Å². The van der Waals surface area contributed by atoms with Crippen molar-refractivity contribution in [2.75, 3.05) is 21.3 Å². The van der Waals surface area contributed by atoms with Gasteiger partial charge in [-0.3, -0.25) is 57.5 Å². The van der Waals surface area contributed by atoms with Gasteiger partial charge in [0.1, 0.15) is 45.8 Å². The molecule has 10 N–H and O–H groups in total. The number of rotatable bonds is 22. The Morgan fingerprint density at radius 1 is 0.405 bits per heavy atom. The van der Waals surface area contributed by atoms with Crippen LogP contribution < -0.4 is 42.5 Å². The summed E-state index contributed by atoms with van der Waals surface area (Å²) in [5.41, 5.74) is 7.41. The van der Waals surface area contributed by atoms with Crippen molar-refractivity contribution in [2.24, 2.45) is 10.8 Å². The number of fused-ring (bicyclic) bond motifs is 4. The van der Waals surface area contributed by atoms with Crippen molar-refractivity contribution in [3.63, 3.8) is 0 Å². The highest BCUT2D eigenvalue weighted by atomic mass is 35.5. The number of ketones is 4. The van der Waals surface area contributed by atoms with E-state index in [1.54, 1.807) is 91.6 Å². The molecule has 8 fully saturated rings. The maximum absolute atomic E-state index is 14.4. The fourth-order valence-corrected chi connectivity index (χ4v) is 20.7. The summed E-state index contributed by atoms with van der Waals surface area (Å²) in [6.07, 6.45) is 14.6. The molecule has 674 valence electrons. The number of nitriles is 2. The van der Waals surface area contributed by atoms with E-state index in [2.05, 4.69) is 85.5 Å². The first-order valence-electron chi connectivity index (χ1n) is 43.3. The van der Waals surface area contributed by atoms with Crippen LogP contribution in [0.3, 0.4) is 0 Å². The lowest BCUT2D eigenvalue weighted by atomic mass is 9.40. The van der Waals surface area contributed by atoms with E-state index in [-0.39, 0.29) is 61.8 Å². The number of carbonyl (C=O) groups excluding carboxylic acids is 12. The molecule has 8 amide bonds. The highest BCUT2D eigenvalue weighted by molar-refractivity contribution is 6.46. The molecular weight excluding hydrogens is 1710 g/mol. The van der Waals surface area contributed by atoms with Crippen molar-refractivity contribution in [1.29, 1.82) is 10.5 Å². The highest BCUT2D eigenvalue weighted by Gasteiger charge is 2.70. The molecule has 37 heteroatoms. The summed E-state index contributed by atoms with van der Waals surface area (Å²) in [5, 5.41) is 61.4. The minimum Gasteiger partial charge on any atom is -0.344 e. The summed E-state index contributed by atoms with van der Waals surface area (Å²) in [4.78, 5) is 157. The molecule has 0 radical (unpaired) electrons. The molecule has 8 saturated carbocycles. The monoisotopic (exact) mass is 1800 g/mol. The van der Waals surface area contributed by atoms with E-state index in [0.717, 1.165) is 30.5 Å². The number of halogens is 5. The molecule has 0 atom stereocenters. The SMILES string of the molecule is Cc1ccc(NC(=O)c2c(C)c(C(=O)C(=O)NC3(c4cn[nH]n4)CC3)c3n2CCC3)c(F)c1F.Cc1ccc(NC(=O)c2c(C)c(C(=O)C(=O)NC34CC(C#N)(C3)C4)c3n2CCC3)cc1Cl.Cc1ccc(NC(=O)c2c(C)c(C(=O)C(=O)NC34CC(C#N)(C3)C4)c3n2CCC3)cc1F.Cc1cccc(NC(=O)c2c(C)c(C(=O)C(=O)NC3(c4cn[nH]n4)CC3)c3n2CCC3)c1F. The van der Waals surface area contributed by atoms with Crippen LogP contribution in [0, 0.1) is 112 Å². The second-order valence-electron chi connectivity index (χ2n) is 36.4. The van der Waals surface area contributed by atoms with Crippen LogP contribution in [0.15, 0.2) is 79.1 Å². The number of carbonyl (C=O) groups is 12. The highest BCUT2D eigenvalue weighted by Crippen LogP contribution is 2.68. The summed E-state index contributed by atoms with van der Waals surface area (Å²) < 4.78 is 63.7. The molecule has 4 aliphatic heterocycles. The van der Waals surface area contributed by atoms with Crippen LogP contribution in [0.2, 0.25) is 5.02 Å². The number of aromatic amines is 2. The van der Waals surface area contributed by atoms with Crippen LogP contribution in [0.5, 0.6) is 0 Å². The summed E-state index contributed by atoms with van der Waals surface area (Å²) in [6.45, 7) is 15.4. The van der Waals surface area contributed by atoms with Crippen molar-refractivity contribution >= 4 is 105 Å². The molecule has 4 aromatic carbocycles. The van der Waals surface area contributed by atoms with Gasteiger partial charge in [-0.2, -0.15) is 41.3 Å². The Labute approximate surface area is 751 Å². The van der Waals surface area contributed by atoms with Gasteiger partial charge in [-0.05, 0) is 252 Å². The minimum absolute atomic E-state index is 0.0712. The van der Waals surface area contributed by atoms with Crippen molar-refractivity contribution in [3.05, 3.63) is 231 Å². The topological polar surface area (TPSA) is 452 Å². The number of hydrogen-bond acceptors (Lipinski definition) is 18. The van der Waals surface area contributed by atoms with Crippen LogP contribution in [-0.4, -0.2) is 131 Å². The first-order valence-corrected chi connectivity index (χ1v) is 43.7. The standard InChI is InChI=1S/C24H23ClN4O3.C24H23FN4O3.C23H22F2N6O3.C23H23FN6O3/c2*1-13-5-6-15(8-16(13)25)27-21(31)19-14(2)18(17-4-3-7-29(17)19)20(30)22(32)28-24-9-23(10-24,11-24)12-26;1-11-5-6-13(18(25)17(11)24)27-21(33)19-12(2)16(14-4-3-9-31(14)19)20(32)22(34)28-23(7-8-23)15-10-26-30-29-15;1-12-5-3-6-14(18(12)24)26-21(32)19-13(2)17(15-7-4-10-30(15)19)20(31)22(33)27-23(8-9-23)16-11-25-29-28-16/h2*5-6,8H,3-4,7,9-11H2,1-2H3,(H,27,31)(H,28,32);5-6,10H,3-4,7-9H2,1-2H3,(H,27,33)(H,28,34)(H,26,29,30);3,5-6,11H,4,7-10H2,1-2H3,(H,26,32)(H,27,33)(H,25,28,29).